The predicted octanol–water partition coefficient (Wildman–Crippen LogP) is 1.41. The molecule has 0 unspecified atom stereocenters. The van der Waals surface area contributed by atoms with Crippen molar-refractivity contribution in [1.29, 1.82) is 0 Å². The first-order valence-electron chi connectivity index (χ1n) is 6.34. The first-order chi connectivity index (χ1) is 8.77. The van der Waals surface area contributed by atoms with Gasteiger partial charge in [-0.2, -0.15) is 0 Å². The van der Waals surface area contributed by atoms with Crippen molar-refractivity contribution in [2.24, 2.45) is 11.7 Å². The van der Waals surface area contributed by atoms with E-state index in [1.807, 2.05) is 0 Å². The summed E-state index contributed by atoms with van der Waals surface area (Å²) in [5.74, 6) is 0.723. The normalized spacial score (nSPS) is 19.4. The van der Waals surface area contributed by atoms with E-state index >= 15 is 0 Å². The second-order valence-corrected chi connectivity index (χ2v) is 4.56. The number of ether oxygens (including phenoxy) is 1. The van der Waals surface area contributed by atoms with Gasteiger partial charge in [-0.1, -0.05) is 0 Å². The van der Waals surface area contributed by atoms with Crippen LogP contribution in [0.1, 0.15) is 29.6 Å². The summed E-state index contributed by atoms with van der Waals surface area (Å²) in [5, 5.41) is 3.17. The van der Waals surface area contributed by atoms with E-state index in [1.165, 1.54) is 6.42 Å². The molecule has 0 bridgehead atoms. The molecule has 1 saturated heterocycles. The molecule has 3 N–H and O–H groups in total. The number of carbonyl (C=O) groups excluding carboxylic acids is 1. The molecule has 1 aliphatic heterocycles. The quantitative estimate of drug-likeness (QED) is 0.827. The Labute approximate surface area is 107 Å². The lowest BCUT2D eigenvalue weighted by molar-refractivity contribution is 0.0530. The molecule has 0 spiro atoms. The van der Waals surface area contributed by atoms with Gasteiger partial charge in [0.15, 0.2) is 0 Å². The number of aromatic nitrogens is 1. The number of amides is 1. The summed E-state index contributed by atoms with van der Waals surface area (Å²) in [6, 6.07) is 3.39. The number of carbonyl (C=O) groups is 1. The molecule has 1 amide bonds. The summed E-state index contributed by atoms with van der Waals surface area (Å²) in [6.07, 6.45) is 5.03. The number of hydrogen-bond donors (Lipinski definition) is 2. The fourth-order valence-electron chi connectivity index (χ4n) is 2.17. The number of pyridine rings is 1. The molecule has 1 fully saturated rings. The van der Waals surface area contributed by atoms with Gasteiger partial charge in [-0.3, -0.25) is 4.79 Å². The molecular formula is C13H19N3O2. The van der Waals surface area contributed by atoms with Crippen molar-refractivity contribution in [2.75, 3.05) is 25.1 Å². The Balaban J connectivity index is 1.84. The van der Waals surface area contributed by atoms with E-state index in [4.69, 9.17) is 10.5 Å². The lowest BCUT2D eigenvalue weighted by Crippen LogP contribution is -2.21. The van der Waals surface area contributed by atoms with Crippen LogP contribution in [-0.2, 0) is 4.74 Å². The maximum absolute atomic E-state index is 11.2. The lowest BCUT2D eigenvalue weighted by Gasteiger charge is -2.22. The maximum atomic E-state index is 11.2. The van der Waals surface area contributed by atoms with E-state index in [9.17, 15) is 4.79 Å². The first kappa shape index (κ1) is 12.8. The lowest BCUT2D eigenvalue weighted by atomic mass is 9.99. The smallest absolute Gasteiger partial charge is 0.252 e. The number of hydrogen-bond acceptors (Lipinski definition) is 4. The third kappa shape index (κ3) is 3.43. The molecule has 5 nitrogen and oxygen atoms in total. The molecule has 18 heavy (non-hydrogen) atoms. The van der Waals surface area contributed by atoms with Crippen molar-refractivity contribution in [2.45, 2.75) is 19.3 Å². The molecule has 0 saturated carbocycles. The Morgan fingerprint density at radius 2 is 2.50 bits per heavy atom. The second kappa shape index (κ2) is 6.35. The number of rotatable bonds is 5. The van der Waals surface area contributed by atoms with Gasteiger partial charge in [-0.15, -0.1) is 0 Å². The Kier molecular flexibility index (Phi) is 4.52. The number of primary amides is 1. The van der Waals surface area contributed by atoms with Crippen molar-refractivity contribution in [3.63, 3.8) is 0 Å². The Bertz CT molecular complexity index is 403. The van der Waals surface area contributed by atoms with Gasteiger partial charge in [-0.25, -0.2) is 4.98 Å². The highest BCUT2D eigenvalue weighted by Gasteiger charge is 2.14. The number of anilines is 1. The maximum Gasteiger partial charge on any atom is 0.252 e. The van der Waals surface area contributed by atoms with Gasteiger partial charge in [0.25, 0.3) is 5.91 Å². The SMILES string of the molecule is NC(=O)c1cccnc1NCC[C@H]1CCCOC1. The summed E-state index contributed by atoms with van der Waals surface area (Å²) in [4.78, 5) is 15.3. The van der Waals surface area contributed by atoms with Crippen LogP contribution in [0.25, 0.3) is 0 Å². The summed E-state index contributed by atoms with van der Waals surface area (Å²) in [6.45, 7) is 2.51. The van der Waals surface area contributed by atoms with Crippen LogP contribution in [0.4, 0.5) is 5.82 Å². The fourth-order valence-corrected chi connectivity index (χ4v) is 2.17. The third-order valence-electron chi connectivity index (χ3n) is 3.17. The molecule has 1 atom stereocenters. The van der Waals surface area contributed by atoms with Gasteiger partial charge in [0.05, 0.1) is 5.56 Å². The minimum atomic E-state index is -0.452. The van der Waals surface area contributed by atoms with Crippen LogP contribution in [0, 0.1) is 5.92 Å². The van der Waals surface area contributed by atoms with Gasteiger partial charge >= 0.3 is 0 Å². The largest absolute Gasteiger partial charge is 0.381 e. The zero-order chi connectivity index (χ0) is 12.8. The van der Waals surface area contributed by atoms with Crippen molar-refractivity contribution >= 4 is 11.7 Å². The molecule has 2 rings (SSSR count). The van der Waals surface area contributed by atoms with Gasteiger partial charge in [-0.05, 0) is 37.3 Å². The Hall–Kier alpha value is -1.62. The molecule has 1 aliphatic rings. The van der Waals surface area contributed by atoms with Crippen LogP contribution < -0.4 is 11.1 Å². The zero-order valence-electron chi connectivity index (χ0n) is 10.4. The van der Waals surface area contributed by atoms with Crippen LogP contribution >= 0.6 is 0 Å². The molecule has 5 heteroatoms. The Morgan fingerprint density at radius 3 is 3.22 bits per heavy atom. The van der Waals surface area contributed by atoms with Crippen LogP contribution in [0.3, 0.4) is 0 Å². The van der Waals surface area contributed by atoms with Crippen molar-refractivity contribution < 1.29 is 9.53 Å². The molecule has 98 valence electrons. The minimum absolute atomic E-state index is 0.442. The zero-order valence-corrected chi connectivity index (χ0v) is 10.4. The fraction of sp³-hybridized carbons (Fsp3) is 0.538. The Morgan fingerprint density at radius 1 is 1.61 bits per heavy atom. The molecule has 0 aliphatic carbocycles. The second-order valence-electron chi connectivity index (χ2n) is 4.56. The van der Waals surface area contributed by atoms with Crippen LogP contribution in [-0.4, -0.2) is 30.6 Å². The van der Waals surface area contributed by atoms with Gasteiger partial charge in [0.1, 0.15) is 5.82 Å². The summed E-state index contributed by atoms with van der Waals surface area (Å²) in [7, 11) is 0. The van der Waals surface area contributed by atoms with Gasteiger partial charge in [0, 0.05) is 26.0 Å². The van der Waals surface area contributed by atoms with E-state index < -0.39 is 5.91 Å². The highest BCUT2D eigenvalue weighted by atomic mass is 16.5. The molecular weight excluding hydrogens is 230 g/mol. The molecule has 0 aromatic carbocycles. The number of nitrogens with two attached hydrogens (primary N) is 1. The van der Waals surface area contributed by atoms with Gasteiger partial charge in [0.2, 0.25) is 0 Å². The molecule has 0 radical (unpaired) electrons. The molecule has 1 aromatic heterocycles. The molecule has 2 heterocycles. The minimum Gasteiger partial charge on any atom is -0.381 e. The molecule has 1 aromatic rings. The van der Waals surface area contributed by atoms with Crippen molar-refractivity contribution in [1.82, 2.24) is 4.98 Å². The number of nitrogens with one attached hydrogen (secondary N) is 1. The highest BCUT2D eigenvalue weighted by molar-refractivity contribution is 5.97. The van der Waals surface area contributed by atoms with E-state index in [-0.39, 0.29) is 0 Å². The monoisotopic (exact) mass is 249 g/mol. The van der Waals surface area contributed by atoms with Crippen molar-refractivity contribution in [3.05, 3.63) is 23.9 Å². The summed E-state index contributed by atoms with van der Waals surface area (Å²) < 4.78 is 5.43. The van der Waals surface area contributed by atoms with Crippen LogP contribution in [0.2, 0.25) is 0 Å². The standard InChI is InChI=1S/C13H19N3O2/c14-12(17)11-4-1-6-15-13(11)16-7-5-10-3-2-8-18-9-10/h1,4,6,10H,2-3,5,7-9H2,(H2,14,17)(H,15,16)/t10-/m1/s1. The van der Waals surface area contributed by atoms with Crippen LogP contribution in [0.5, 0.6) is 0 Å². The average Bonchev–Trinajstić information content (AvgIpc) is 2.40. The third-order valence-corrected chi connectivity index (χ3v) is 3.17. The van der Waals surface area contributed by atoms with E-state index in [2.05, 4.69) is 10.3 Å². The summed E-state index contributed by atoms with van der Waals surface area (Å²) >= 11 is 0. The van der Waals surface area contributed by atoms with Gasteiger partial charge < -0.3 is 15.8 Å². The average molecular weight is 249 g/mol. The number of nitrogens with zero attached hydrogens (tertiary/aromatic N) is 1. The first-order valence-corrected chi connectivity index (χ1v) is 6.34. The topological polar surface area (TPSA) is 77.2 Å². The van der Waals surface area contributed by atoms with E-state index in [1.54, 1.807) is 18.3 Å². The highest BCUT2D eigenvalue weighted by Crippen LogP contribution is 2.17. The van der Waals surface area contributed by atoms with E-state index in [0.717, 1.165) is 32.6 Å². The predicted molar refractivity (Wildman–Crippen MR) is 69.4 cm³/mol. The van der Waals surface area contributed by atoms with E-state index in [0.29, 0.717) is 17.3 Å². The van der Waals surface area contributed by atoms with Crippen molar-refractivity contribution in [3.8, 4) is 0 Å². The summed E-state index contributed by atoms with van der Waals surface area (Å²) in [5.41, 5.74) is 5.73. The van der Waals surface area contributed by atoms with Crippen LogP contribution in [0.15, 0.2) is 18.3 Å².